The number of hydrogen-bond donors (Lipinski definition) is 2. The molecule has 8 heteroatoms. The first-order chi connectivity index (χ1) is 15.6. The Labute approximate surface area is 184 Å². The Morgan fingerprint density at radius 2 is 1.50 bits per heavy atom. The summed E-state index contributed by atoms with van der Waals surface area (Å²) in [6.07, 6.45) is -1.27. The largest absolute Gasteiger partial charge is 0.482 e. The summed E-state index contributed by atoms with van der Waals surface area (Å²) in [6, 6.07) is 19.1. The molecule has 0 spiro atoms. The van der Waals surface area contributed by atoms with Crippen LogP contribution in [-0.4, -0.2) is 30.8 Å². The van der Waals surface area contributed by atoms with Gasteiger partial charge < -0.3 is 29.6 Å². The highest BCUT2D eigenvalue weighted by atomic mass is 16.7. The molecule has 0 radical (unpaired) electrons. The molecule has 3 aromatic carbocycles. The minimum atomic E-state index is -0.809. The second kappa shape index (κ2) is 8.14. The number of para-hydroxylation sites is 2. The molecule has 0 aliphatic carbocycles. The topological polar surface area (TPSA) is 95.1 Å². The van der Waals surface area contributed by atoms with Gasteiger partial charge in [0.15, 0.2) is 23.0 Å². The molecule has 0 aromatic heterocycles. The first-order valence-electron chi connectivity index (χ1n) is 10.1. The van der Waals surface area contributed by atoms with Gasteiger partial charge in [-0.25, -0.2) is 0 Å². The van der Waals surface area contributed by atoms with Gasteiger partial charge in [0.1, 0.15) is 6.10 Å². The fourth-order valence-electron chi connectivity index (χ4n) is 3.54. The standard InChI is InChI=1S/C24H20N2O6/c1-14-22(32-20-8-3-2-7-19(20)31-14)24(28)26-17-6-4-5-16(12-17)25-23(27)15-9-10-18-21(11-15)30-13-29-18/h2-12,14,22H,13H2,1H3,(H,25,27)(H,26,28). The monoisotopic (exact) mass is 432 g/mol. The number of rotatable bonds is 4. The summed E-state index contributed by atoms with van der Waals surface area (Å²) in [5.41, 5.74) is 1.49. The lowest BCUT2D eigenvalue weighted by atomic mass is 10.1. The molecule has 2 aliphatic rings. The van der Waals surface area contributed by atoms with Crippen LogP contribution in [0.1, 0.15) is 17.3 Å². The van der Waals surface area contributed by atoms with Crippen LogP contribution in [0.3, 0.4) is 0 Å². The molecule has 162 valence electrons. The van der Waals surface area contributed by atoms with E-state index >= 15 is 0 Å². The first kappa shape index (κ1) is 19.7. The van der Waals surface area contributed by atoms with Gasteiger partial charge in [-0.1, -0.05) is 18.2 Å². The summed E-state index contributed by atoms with van der Waals surface area (Å²) in [5, 5.41) is 5.65. The van der Waals surface area contributed by atoms with E-state index in [2.05, 4.69) is 10.6 Å². The SMILES string of the molecule is CC1Oc2ccccc2OC1C(=O)Nc1cccc(NC(=O)c2ccc3c(c2)OCO3)c1. The summed E-state index contributed by atoms with van der Waals surface area (Å²) >= 11 is 0. The van der Waals surface area contributed by atoms with Crippen molar-refractivity contribution < 1.29 is 28.5 Å². The van der Waals surface area contributed by atoms with Crippen molar-refractivity contribution in [3.05, 3.63) is 72.3 Å². The zero-order valence-corrected chi connectivity index (χ0v) is 17.2. The lowest BCUT2D eigenvalue weighted by Gasteiger charge is -2.31. The highest BCUT2D eigenvalue weighted by molar-refractivity contribution is 6.05. The number of fused-ring (bicyclic) bond motifs is 2. The van der Waals surface area contributed by atoms with E-state index in [1.54, 1.807) is 61.5 Å². The van der Waals surface area contributed by atoms with Crippen molar-refractivity contribution in [3.8, 4) is 23.0 Å². The Balaban J connectivity index is 1.26. The average Bonchev–Trinajstić information content (AvgIpc) is 3.26. The van der Waals surface area contributed by atoms with Crippen molar-refractivity contribution in [2.45, 2.75) is 19.1 Å². The highest BCUT2D eigenvalue weighted by Gasteiger charge is 2.34. The number of ether oxygens (including phenoxy) is 4. The van der Waals surface area contributed by atoms with Crippen LogP contribution in [0.2, 0.25) is 0 Å². The van der Waals surface area contributed by atoms with Gasteiger partial charge in [0.2, 0.25) is 12.9 Å². The van der Waals surface area contributed by atoms with Crippen LogP contribution in [-0.2, 0) is 4.79 Å². The minimum absolute atomic E-state index is 0.141. The molecule has 2 N–H and O–H groups in total. The van der Waals surface area contributed by atoms with E-state index < -0.39 is 12.2 Å². The van der Waals surface area contributed by atoms with Crippen LogP contribution in [0.15, 0.2) is 66.7 Å². The number of benzene rings is 3. The Kier molecular flexibility index (Phi) is 5.03. The van der Waals surface area contributed by atoms with Crippen LogP contribution in [0.4, 0.5) is 11.4 Å². The molecular weight excluding hydrogens is 412 g/mol. The smallest absolute Gasteiger partial charge is 0.269 e. The normalized spacial score (nSPS) is 18.0. The van der Waals surface area contributed by atoms with Crippen LogP contribution < -0.4 is 29.6 Å². The number of amides is 2. The summed E-state index contributed by atoms with van der Waals surface area (Å²) in [4.78, 5) is 25.4. The van der Waals surface area contributed by atoms with Gasteiger partial charge >= 0.3 is 0 Å². The van der Waals surface area contributed by atoms with E-state index in [0.717, 1.165) is 0 Å². The second-order valence-electron chi connectivity index (χ2n) is 7.40. The Bertz CT molecular complexity index is 1190. The summed E-state index contributed by atoms with van der Waals surface area (Å²) in [5.74, 6) is 1.63. The number of anilines is 2. The third kappa shape index (κ3) is 3.90. The van der Waals surface area contributed by atoms with Crippen molar-refractivity contribution in [2.24, 2.45) is 0 Å². The van der Waals surface area contributed by atoms with Crippen molar-refractivity contribution in [3.63, 3.8) is 0 Å². The quantitative estimate of drug-likeness (QED) is 0.651. The predicted molar refractivity (Wildman–Crippen MR) is 117 cm³/mol. The van der Waals surface area contributed by atoms with Gasteiger partial charge in [0.05, 0.1) is 0 Å². The van der Waals surface area contributed by atoms with Gasteiger partial charge in [0.25, 0.3) is 11.8 Å². The average molecular weight is 432 g/mol. The summed E-state index contributed by atoms with van der Waals surface area (Å²) in [6.45, 7) is 1.92. The first-order valence-corrected chi connectivity index (χ1v) is 10.1. The Hall–Kier alpha value is -4.20. The van der Waals surface area contributed by atoms with Gasteiger partial charge in [-0.3, -0.25) is 9.59 Å². The van der Waals surface area contributed by atoms with E-state index in [1.807, 2.05) is 12.1 Å². The molecule has 0 saturated heterocycles. The fourth-order valence-corrected chi connectivity index (χ4v) is 3.54. The van der Waals surface area contributed by atoms with E-state index in [-0.39, 0.29) is 18.6 Å². The van der Waals surface area contributed by atoms with Crippen LogP contribution >= 0.6 is 0 Å². The third-order valence-corrected chi connectivity index (χ3v) is 5.12. The molecule has 2 unspecified atom stereocenters. The summed E-state index contributed by atoms with van der Waals surface area (Å²) < 4.78 is 22.2. The second-order valence-corrected chi connectivity index (χ2v) is 7.40. The number of carbonyl (C=O) groups excluding carboxylic acids is 2. The highest BCUT2D eigenvalue weighted by Crippen LogP contribution is 2.34. The third-order valence-electron chi connectivity index (χ3n) is 5.12. The molecule has 2 aliphatic heterocycles. The lowest BCUT2D eigenvalue weighted by molar-refractivity contribution is -0.128. The van der Waals surface area contributed by atoms with Crippen molar-refractivity contribution in [2.75, 3.05) is 17.4 Å². The van der Waals surface area contributed by atoms with Crippen molar-refractivity contribution >= 4 is 23.2 Å². The molecule has 0 fully saturated rings. The van der Waals surface area contributed by atoms with E-state index in [0.29, 0.717) is 39.9 Å². The van der Waals surface area contributed by atoms with Crippen LogP contribution in [0.5, 0.6) is 23.0 Å². The minimum Gasteiger partial charge on any atom is -0.482 e. The maximum Gasteiger partial charge on any atom is 0.269 e. The fraction of sp³-hybridized carbons (Fsp3) is 0.167. The molecule has 2 amide bonds. The molecule has 3 aromatic rings. The van der Waals surface area contributed by atoms with Crippen LogP contribution in [0, 0.1) is 0 Å². The maximum atomic E-state index is 12.8. The molecule has 2 heterocycles. The number of nitrogens with one attached hydrogen (secondary N) is 2. The Morgan fingerprint density at radius 1 is 0.781 bits per heavy atom. The zero-order valence-electron chi connectivity index (χ0n) is 17.2. The van der Waals surface area contributed by atoms with E-state index in [9.17, 15) is 9.59 Å². The molecule has 8 nitrogen and oxygen atoms in total. The predicted octanol–water partition coefficient (Wildman–Crippen LogP) is 3.83. The molecule has 32 heavy (non-hydrogen) atoms. The van der Waals surface area contributed by atoms with Crippen molar-refractivity contribution in [1.29, 1.82) is 0 Å². The molecule has 0 saturated carbocycles. The molecule has 2 atom stereocenters. The van der Waals surface area contributed by atoms with Gasteiger partial charge in [-0.2, -0.15) is 0 Å². The van der Waals surface area contributed by atoms with Crippen LogP contribution in [0.25, 0.3) is 0 Å². The molecule has 5 rings (SSSR count). The number of carbonyl (C=O) groups is 2. The van der Waals surface area contributed by atoms with E-state index in [4.69, 9.17) is 18.9 Å². The lowest BCUT2D eigenvalue weighted by Crippen LogP contribution is -2.46. The Morgan fingerprint density at radius 3 is 2.31 bits per heavy atom. The van der Waals surface area contributed by atoms with Crippen molar-refractivity contribution in [1.82, 2.24) is 0 Å². The van der Waals surface area contributed by atoms with Gasteiger partial charge in [-0.15, -0.1) is 0 Å². The molecule has 0 bridgehead atoms. The van der Waals surface area contributed by atoms with Gasteiger partial charge in [0, 0.05) is 16.9 Å². The van der Waals surface area contributed by atoms with Gasteiger partial charge in [-0.05, 0) is 55.5 Å². The zero-order chi connectivity index (χ0) is 22.1. The summed E-state index contributed by atoms with van der Waals surface area (Å²) in [7, 11) is 0. The van der Waals surface area contributed by atoms with E-state index in [1.165, 1.54) is 0 Å². The maximum absolute atomic E-state index is 12.8. The molecular formula is C24H20N2O6. The number of hydrogen-bond acceptors (Lipinski definition) is 6.